The van der Waals surface area contributed by atoms with Gasteiger partial charge >= 0.3 is 6.03 Å². The first-order chi connectivity index (χ1) is 20.1. The monoisotopic (exact) mass is 578 g/mol. The Kier molecular flexibility index (Phi) is 11.2. The molecular formula is C34H50N4O4. The van der Waals surface area contributed by atoms with Crippen LogP contribution in [0.3, 0.4) is 0 Å². The van der Waals surface area contributed by atoms with E-state index in [0.29, 0.717) is 25.0 Å². The Morgan fingerprint density at radius 1 is 0.905 bits per heavy atom. The quantitative estimate of drug-likeness (QED) is 0.260. The highest BCUT2D eigenvalue weighted by molar-refractivity contribution is 6.13. The molecule has 1 fully saturated rings. The van der Waals surface area contributed by atoms with Gasteiger partial charge < -0.3 is 15.4 Å². The zero-order chi connectivity index (χ0) is 31.1. The van der Waals surface area contributed by atoms with Crippen LogP contribution in [0.15, 0.2) is 54.6 Å². The van der Waals surface area contributed by atoms with E-state index in [1.165, 1.54) is 0 Å². The summed E-state index contributed by atoms with van der Waals surface area (Å²) in [6, 6.07) is 15.8. The van der Waals surface area contributed by atoms with Gasteiger partial charge in [-0.05, 0) is 70.8 Å². The molecule has 1 aliphatic rings. The predicted octanol–water partition coefficient (Wildman–Crippen LogP) is 6.20. The van der Waals surface area contributed by atoms with Gasteiger partial charge in [0.25, 0.3) is 11.6 Å². The van der Waals surface area contributed by atoms with Gasteiger partial charge in [-0.2, -0.15) is 0 Å². The molecule has 0 spiro atoms. The fourth-order valence-electron chi connectivity index (χ4n) is 6.26. The number of ether oxygens (including phenoxy) is 1. The lowest BCUT2D eigenvalue weighted by atomic mass is 9.63. The third-order valence-corrected chi connectivity index (χ3v) is 9.13. The summed E-state index contributed by atoms with van der Waals surface area (Å²) in [7, 11) is 0. The minimum absolute atomic E-state index is 0.0314. The number of urea groups is 1. The van der Waals surface area contributed by atoms with Crippen LogP contribution in [0.25, 0.3) is 0 Å². The number of para-hydroxylation sites is 1. The molecule has 8 heteroatoms. The molecule has 0 aliphatic carbocycles. The number of aryl methyl sites for hydroxylation is 1. The number of likely N-dealkylation sites (N-methyl/N-ethyl adjacent to an activating group) is 1. The summed E-state index contributed by atoms with van der Waals surface area (Å²) >= 11 is 0. The molecule has 1 aliphatic heterocycles. The highest BCUT2D eigenvalue weighted by atomic mass is 16.5. The number of β-lactam (4-membered cyclic amide) rings is 1. The molecule has 1 saturated heterocycles. The third-order valence-electron chi connectivity index (χ3n) is 9.13. The van der Waals surface area contributed by atoms with Crippen LogP contribution < -0.4 is 15.4 Å². The van der Waals surface area contributed by atoms with Crippen molar-refractivity contribution in [1.82, 2.24) is 20.4 Å². The van der Waals surface area contributed by atoms with Gasteiger partial charge in [-0.3, -0.25) is 14.5 Å². The number of likely N-dealkylation sites (tertiary alicyclic amines) is 1. The van der Waals surface area contributed by atoms with Crippen LogP contribution in [0.2, 0.25) is 0 Å². The Labute approximate surface area is 252 Å². The molecule has 8 nitrogen and oxygen atoms in total. The van der Waals surface area contributed by atoms with Crippen LogP contribution in [0.1, 0.15) is 91.3 Å². The number of hydrogen-bond donors (Lipinski definition) is 2. The first-order valence-electron chi connectivity index (χ1n) is 15.6. The molecule has 4 amide bonds. The summed E-state index contributed by atoms with van der Waals surface area (Å²) < 4.78 is 6.58. The third kappa shape index (κ3) is 6.05. The molecule has 3 rings (SSSR count). The predicted molar refractivity (Wildman–Crippen MR) is 167 cm³/mol. The van der Waals surface area contributed by atoms with Crippen molar-refractivity contribution in [3.05, 3.63) is 65.7 Å². The molecule has 4 atom stereocenters. The molecular weight excluding hydrogens is 528 g/mol. The van der Waals surface area contributed by atoms with E-state index in [2.05, 4.69) is 43.2 Å². The number of hydrogen-bond acceptors (Lipinski definition) is 5. The van der Waals surface area contributed by atoms with Crippen molar-refractivity contribution in [2.24, 2.45) is 5.41 Å². The fraction of sp³-hybridized carbons (Fsp3) is 0.559. The summed E-state index contributed by atoms with van der Waals surface area (Å²) in [6.45, 7) is 17.7. The van der Waals surface area contributed by atoms with E-state index in [9.17, 15) is 14.4 Å². The van der Waals surface area contributed by atoms with Crippen molar-refractivity contribution in [2.75, 3.05) is 13.1 Å². The van der Waals surface area contributed by atoms with Crippen molar-refractivity contribution in [2.45, 2.75) is 105 Å². The lowest BCUT2D eigenvalue weighted by Gasteiger charge is -2.60. The van der Waals surface area contributed by atoms with Crippen molar-refractivity contribution in [1.29, 1.82) is 0 Å². The molecule has 0 saturated carbocycles. The molecule has 2 aromatic rings. The Morgan fingerprint density at radius 2 is 1.50 bits per heavy atom. The normalized spacial score (nSPS) is 19.9. The molecule has 0 aromatic heterocycles. The second kappa shape index (κ2) is 14.2. The average molecular weight is 579 g/mol. The van der Waals surface area contributed by atoms with Gasteiger partial charge in [0.05, 0.1) is 6.04 Å². The molecule has 2 aromatic carbocycles. The van der Waals surface area contributed by atoms with Crippen LogP contribution >= 0.6 is 0 Å². The number of carbonyl (C=O) groups excluding carboxylic acids is 3. The summed E-state index contributed by atoms with van der Waals surface area (Å²) in [5.41, 5.74) is -1.01. The van der Waals surface area contributed by atoms with Gasteiger partial charge in [0.1, 0.15) is 11.2 Å². The summed E-state index contributed by atoms with van der Waals surface area (Å²) in [5, 5.41) is 6.24. The number of amides is 4. The largest absolute Gasteiger partial charge is 0.457 e. The second-order valence-electron chi connectivity index (χ2n) is 11.4. The zero-order valence-corrected chi connectivity index (χ0v) is 26.7. The maximum Gasteiger partial charge on any atom is 0.328 e. The molecule has 0 bridgehead atoms. The van der Waals surface area contributed by atoms with Gasteiger partial charge in [-0.15, -0.1) is 0 Å². The maximum absolute atomic E-state index is 14.6. The average Bonchev–Trinajstić information content (AvgIpc) is 2.98. The molecule has 2 N–H and O–H groups in total. The lowest BCUT2D eigenvalue weighted by molar-refractivity contribution is -0.233. The Balaban J connectivity index is 2.08. The van der Waals surface area contributed by atoms with Crippen LogP contribution in [0.5, 0.6) is 5.75 Å². The first kappa shape index (κ1) is 33.1. The molecule has 42 heavy (non-hydrogen) atoms. The highest BCUT2D eigenvalue weighted by Gasteiger charge is 2.78. The van der Waals surface area contributed by atoms with Gasteiger partial charge in [0.15, 0.2) is 0 Å². The highest BCUT2D eigenvalue weighted by Crippen LogP contribution is 2.54. The van der Waals surface area contributed by atoms with E-state index in [1.54, 1.807) is 12.1 Å². The minimum Gasteiger partial charge on any atom is -0.457 e. The molecule has 1 heterocycles. The molecule has 0 radical (unpaired) electrons. The van der Waals surface area contributed by atoms with Crippen LogP contribution in [-0.4, -0.2) is 58.5 Å². The zero-order valence-electron chi connectivity index (χ0n) is 26.7. The number of rotatable bonds is 14. The Morgan fingerprint density at radius 3 is 2.02 bits per heavy atom. The second-order valence-corrected chi connectivity index (χ2v) is 11.4. The smallest absolute Gasteiger partial charge is 0.328 e. The van der Waals surface area contributed by atoms with E-state index in [0.717, 1.165) is 35.5 Å². The van der Waals surface area contributed by atoms with Crippen molar-refractivity contribution in [3.63, 3.8) is 0 Å². The summed E-state index contributed by atoms with van der Waals surface area (Å²) in [5.74, 6) is -0.476. The van der Waals surface area contributed by atoms with E-state index < -0.39 is 29.0 Å². The van der Waals surface area contributed by atoms with Crippen molar-refractivity contribution in [3.8, 4) is 5.75 Å². The lowest BCUT2D eigenvalue weighted by Crippen LogP contribution is -2.87. The van der Waals surface area contributed by atoms with E-state index in [1.807, 2.05) is 70.2 Å². The van der Waals surface area contributed by atoms with E-state index in [-0.39, 0.29) is 18.1 Å². The van der Waals surface area contributed by atoms with Crippen molar-refractivity contribution < 1.29 is 19.1 Å². The number of benzene rings is 2. The maximum atomic E-state index is 14.6. The number of carbonyl (C=O) groups is 3. The van der Waals surface area contributed by atoms with Gasteiger partial charge in [0.2, 0.25) is 5.91 Å². The van der Waals surface area contributed by atoms with Crippen LogP contribution in [0.4, 0.5) is 4.79 Å². The van der Waals surface area contributed by atoms with Gasteiger partial charge in [-0.25, -0.2) is 9.69 Å². The molecule has 230 valence electrons. The Hall–Kier alpha value is -3.39. The first-order valence-corrected chi connectivity index (χ1v) is 15.6. The van der Waals surface area contributed by atoms with Crippen LogP contribution in [-0.2, 0) is 9.59 Å². The minimum atomic E-state index is -1.86. The topological polar surface area (TPSA) is 91.0 Å². The SMILES string of the molecule is CCCC(NC(=O)N1C(=O)C(CC)(CC)C1(Oc1ccccc1)C(=O)NC(C)C(C)N(CC)CC)c1ccc(C)cc1. The summed E-state index contributed by atoms with van der Waals surface area (Å²) in [6.07, 6.45) is 2.18. The van der Waals surface area contributed by atoms with Gasteiger partial charge in [0, 0.05) is 12.1 Å². The van der Waals surface area contributed by atoms with E-state index in [4.69, 9.17) is 4.74 Å². The van der Waals surface area contributed by atoms with Crippen LogP contribution in [0, 0.1) is 12.3 Å². The van der Waals surface area contributed by atoms with Crippen molar-refractivity contribution >= 4 is 17.8 Å². The van der Waals surface area contributed by atoms with E-state index >= 15 is 0 Å². The number of nitrogens with one attached hydrogen (secondary N) is 2. The number of imide groups is 1. The summed E-state index contributed by atoms with van der Waals surface area (Å²) in [4.78, 5) is 46.0. The standard InChI is InChI=1S/C34H50N4O4/c1-9-17-29(27-22-20-24(6)21-23-27)36-32(41)38-31(40)33(10-2,11-3)34(38,42-28-18-15-14-16-19-28)30(39)35-25(7)26(8)37(12-4)13-5/h14-16,18-23,25-26,29H,9-13,17H2,1-8H3,(H,35,39)(H,36,41). The Bertz CT molecular complexity index is 1190. The van der Waals surface area contributed by atoms with Gasteiger partial charge in [-0.1, -0.05) is 89.1 Å². The number of nitrogens with zero attached hydrogens (tertiary/aromatic N) is 2. The fourth-order valence-corrected chi connectivity index (χ4v) is 6.26. The molecule has 4 unspecified atom stereocenters.